The molecule has 0 spiro atoms. The number of nitrogens with zero attached hydrogens (tertiary/aromatic N) is 1. The molecule has 7 heteroatoms. The lowest BCUT2D eigenvalue weighted by atomic mass is 10.2. The maximum atomic E-state index is 12.4. The lowest BCUT2D eigenvalue weighted by molar-refractivity contribution is 0.0756. The molecule has 0 saturated heterocycles. The van der Waals surface area contributed by atoms with E-state index in [2.05, 4.69) is 0 Å². The Hall–Kier alpha value is -0.780. The van der Waals surface area contributed by atoms with E-state index < -0.39 is 9.05 Å². The highest BCUT2D eigenvalue weighted by Gasteiger charge is 2.27. The maximum Gasteiger partial charge on any atom is 0.262 e. The van der Waals surface area contributed by atoms with Gasteiger partial charge in [-0.25, -0.2) is 8.42 Å². The molecule has 1 aromatic rings. The SMILES string of the molecule is CCN(CC1CC1)C(=O)c1ccc(Cl)c(S(=O)(=O)Cl)c1. The monoisotopic (exact) mass is 335 g/mol. The zero-order chi connectivity index (χ0) is 14.9. The van der Waals surface area contributed by atoms with E-state index in [4.69, 9.17) is 22.3 Å². The van der Waals surface area contributed by atoms with Crippen LogP contribution in [0.25, 0.3) is 0 Å². The number of halogens is 2. The van der Waals surface area contributed by atoms with Crippen LogP contribution in [-0.4, -0.2) is 32.3 Å². The third-order valence-electron chi connectivity index (χ3n) is 3.29. The Bertz CT molecular complexity index is 627. The molecule has 0 aromatic heterocycles. The quantitative estimate of drug-likeness (QED) is 0.776. The van der Waals surface area contributed by atoms with Gasteiger partial charge in [-0.3, -0.25) is 4.79 Å². The van der Waals surface area contributed by atoms with Gasteiger partial charge >= 0.3 is 0 Å². The highest BCUT2D eigenvalue weighted by molar-refractivity contribution is 8.13. The van der Waals surface area contributed by atoms with Crippen LogP contribution in [0.2, 0.25) is 5.02 Å². The second-order valence-electron chi connectivity index (χ2n) is 4.87. The van der Waals surface area contributed by atoms with Crippen LogP contribution >= 0.6 is 22.3 Å². The summed E-state index contributed by atoms with van der Waals surface area (Å²) in [6.45, 7) is 3.19. The zero-order valence-electron chi connectivity index (χ0n) is 11.0. The number of carbonyl (C=O) groups excluding carboxylic acids is 1. The molecule has 0 N–H and O–H groups in total. The van der Waals surface area contributed by atoms with Gasteiger partial charge in [0.25, 0.3) is 15.0 Å². The molecule has 0 atom stereocenters. The van der Waals surface area contributed by atoms with Gasteiger partial charge in [0.2, 0.25) is 0 Å². The zero-order valence-corrected chi connectivity index (χ0v) is 13.3. The summed E-state index contributed by atoms with van der Waals surface area (Å²) < 4.78 is 22.8. The summed E-state index contributed by atoms with van der Waals surface area (Å²) in [5.41, 5.74) is 0.288. The minimum absolute atomic E-state index is 0.0155. The summed E-state index contributed by atoms with van der Waals surface area (Å²) in [7, 11) is 1.35. The first-order chi connectivity index (χ1) is 9.32. The summed E-state index contributed by atoms with van der Waals surface area (Å²) >= 11 is 5.80. The maximum absolute atomic E-state index is 12.4. The molecule has 1 fully saturated rings. The molecule has 2 rings (SSSR count). The van der Waals surface area contributed by atoms with Gasteiger partial charge in [-0.1, -0.05) is 11.6 Å². The van der Waals surface area contributed by atoms with E-state index in [1.165, 1.54) is 18.2 Å². The summed E-state index contributed by atoms with van der Waals surface area (Å²) in [4.78, 5) is 13.9. The van der Waals surface area contributed by atoms with E-state index in [-0.39, 0.29) is 21.4 Å². The predicted octanol–water partition coefficient (Wildman–Crippen LogP) is 3.14. The van der Waals surface area contributed by atoms with Crippen LogP contribution in [0.3, 0.4) is 0 Å². The van der Waals surface area contributed by atoms with E-state index in [0.717, 1.165) is 12.8 Å². The van der Waals surface area contributed by atoms with Crippen molar-refractivity contribution in [2.24, 2.45) is 5.92 Å². The topological polar surface area (TPSA) is 54.5 Å². The average Bonchev–Trinajstić information content (AvgIpc) is 3.18. The number of rotatable bonds is 5. The average molecular weight is 336 g/mol. The first-order valence-electron chi connectivity index (χ1n) is 6.36. The summed E-state index contributed by atoms with van der Waals surface area (Å²) in [5.74, 6) is 0.375. The number of benzene rings is 1. The van der Waals surface area contributed by atoms with Crippen molar-refractivity contribution in [2.75, 3.05) is 13.1 Å². The summed E-state index contributed by atoms with van der Waals surface area (Å²) in [6, 6.07) is 4.14. The summed E-state index contributed by atoms with van der Waals surface area (Å²) in [5, 5.41) is 0.0155. The molecule has 0 bridgehead atoms. The lowest BCUT2D eigenvalue weighted by Gasteiger charge is -2.21. The Morgan fingerprint density at radius 3 is 2.55 bits per heavy atom. The molecular formula is C13H15Cl2NO3S. The number of amides is 1. The minimum Gasteiger partial charge on any atom is -0.339 e. The molecule has 0 radical (unpaired) electrons. The molecule has 1 aliphatic carbocycles. The molecule has 1 aliphatic rings. The highest BCUT2D eigenvalue weighted by Crippen LogP contribution is 2.31. The van der Waals surface area contributed by atoms with Crippen LogP contribution in [0.4, 0.5) is 0 Å². The van der Waals surface area contributed by atoms with Crippen LogP contribution in [0.5, 0.6) is 0 Å². The number of carbonyl (C=O) groups is 1. The fourth-order valence-electron chi connectivity index (χ4n) is 1.97. The molecule has 4 nitrogen and oxygen atoms in total. The third-order valence-corrected chi connectivity index (χ3v) is 5.09. The fourth-order valence-corrected chi connectivity index (χ4v) is 3.47. The van der Waals surface area contributed by atoms with Crippen molar-refractivity contribution < 1.29 is 13.2 Å². The smallest absolute Gasteiger partial charge is 0.262 e. The van der Waals surface area contributed by atoms with Gasteiger partial charge in [-0.05, 0) is 43.9 Å². The van der Waals surface area contributed by atoms with Crippen molar-refractivity contribution in [2.45, 2.75) is 24.7 Å². The van der Waals surface area contributed by atoms with Gasteiger partial charge in [-0.15, -0.1) is 0 Å². The van der Waals surface area contributed by atoms with Gasteiger partial charge in [0, 0.05) is 29.3 Å². The molecule has 1 aromatic carbocycles. The second kappa shape index (κ2) is 5.92. The Morgan fingerprint density at radius 2 is 2.05 bits per heavy atom. The molecular weight excluding hydrogens is 321 g/mol. The van der Waals surface area contributed by atoms with Gasteiger partial charge in [-0.2, -0.15) is 0 Å². The van der Waals surface area contributed by atoms with Gasteiger partial charge < -0.3 is 4.90 Å². The predicted molar refractivity (Wildman–Crippen MR) is 78.8 cm³/mol. The van der Waals surface area contributed by atoms with Crippen LogP contribution < -0.4 is 0 Å². The minimum atomic E-state index is -3.96. The van der Waals surface area contributed by atoms with Gasteiger partial charge in [0.15, 0.2) is 0 Å². The normalized spacial score (nSPS) is 15.2. The Kier molecular flexibility index (Phi) is 4.62. The van der Waals surface area contributed by atoms with Gasteiger partial charge in [0.05, 0.1) is 5.02 Å². The Morgan fingerprint density at radius 1 is 1.40 bits per heavy atom. The summed E-state index contributed by atoms with van der Waals surface area (Å²) in [6.07, 6.45) is 2.29. The van der Waals surface area contributed by atoms with E-state index >= 15 is 0 Å². The first kappa shape index (κ1) is 15.6. The number of hydrogen-bond acceptors (Lipinski definition) is 3. The van der Waals surface area contributed by atoms with Crippen molar-refractivity contribution in [1.29, 1.82) is 0 Å². The van der Waals surface area contributed by atoms with E-state index in [0.29, 0.717) is 19.0 Å². The van der Waals surface area contributed by atoms with E-state index in [1.807, 2.05) is 6.92 Å². The Labute approximate surface area is 128 Å². The molecule has 1 amide bonds. The first-order valence-corrected chi connectivity index (χ1v) is 9.05. The van der Waals surface area contributed by atoms with Crippen molar-refractivity contribution >= 4 is 37.2 Å². The molecule has 110 valence electrons. The molecule has 0 aliphatic heterocycles. The molecule has 0 heterocycles. The largest absolute Gasteiger partial charge is 0.339 e. The standard InChI is InChI=1S/C13H15Cl2NO3S/c1-2-16(8-9-3-4-9)13(17)10-5-6-11(14)12(7-10)20(15,18)19/h5-7,9H,2-4,8H2,1H3. The molecule has 20 heavy (non-hydrogen) atoms. The van der Waals surface area contributed by atoms with Crippen molar-refractivity contribution in [1.82, 2.24) is 4.90 Å². The van der Waals surface area contributed by atoms with E-state index in [1.54, 1.807) is 4.90 Å². The molecule has 0 unspecified atom stereocenters. The number of hydrogen-bond donors (Lipinski definition) is 0. The van der Waals surface area contributed by atoms with Crippen LogP contribution in [0.15, 0.2) is 23.1 Å². The van der Waals surface area contributed by atoms with Crippen LogP contribution in [-0.2, 0) is 9.05 Å². The Balaban J connectivity index is 2.29. The van der Waals surface area contributed by atoms with E-state index in [9.17, 15) is 13.2 Å². The highest BCUT2D eigenvalue weighted by atomic mass is 35.7. The fraction of sp³-hybridized carbons (Fsp3) is 0.462. The molecule has 1 saturated carbocycles. The lowest BCUT2D eigenvalue weighted by Crippen LogP contribution is -2.32. The van der Waals surface area contributed by atoms with Crippen molar-refractivity contribution in [3.8, 4) is 0 Å². The third kappa shape index (κ3) is 3.65. The van der Waals surface area contributed by atoms with Crippen LogP contribution in [0.1, 0.15) is 30.1 Å². The van der Waals surface area contributed by atoms with Crippen LogP contribution in [0, 0.1) is 5.92 Å². The second-order valence-corrected chi connectivity index (χ2v) is 7.81. The van der Waals surface area contributed by atoms with Crippen molar-refractivity contribution in [3.05, 3.63) is 28.8 Å². The van der Waals surface area contributed by atoms with Crippen molar-refractivity contribution in [3.63, 3.8) is 0 Å². The van der Waals surface area contributed by atoms with Gasteiger partial charge in [0.1, 0.15) is 4.90 Å².